The summed E-state index contributed by atoms with van der Waals surface area (Å²) in [5.41, 5.74) is 2.54. The van der Waals surface area contributed by atoms with Crippen LogP contribution >= 0.6 is 12.4 Å². The van der Waals surface area contributed by atoms with Crippen LogP contribution in [0.25, 0.3) is 0 Å². The Morgan fingerprint density at radius 1 is 1.40 bits per heavy atom. The minimum atomic E-state index is 0. The first-order valence-electron chi connectivity index (χ1n) is 7.21. The van der Waals surface area contributed by atoms with Crippen molar-refractivity contribution >= 4 is 18.3 Å². The average molecular weight is 297 g/mol. The molecule has 112 valence electrons. The van der Waals surface area contributed by atoms with Gasteiger partial charge in [0.1, 0.15) is 0 Å². The highest BCUT2D eigenvalue weighted by molar-refractivity contribution is 5.85. The van der Waals surface area contributed by atoms with Gasteiger partial charge in [-0.25, -0.2) is 0 Å². The zero-order chi connectivity index (χ0) is 13.7. The highest BCUT2D eigenvalue weighted by Gasteiger charge is 2.22. The highest BCUT2D eigenvalue weighted by Crippen LogP contribution is 2.12. The lowest BCUT2D eigenvalue weighted by atomic mass is 9.95. The minimum Gasteiger partial charge on any atom is -0.353 e. The Bertz CT molecular complexity index is 436. The van der Waals surface area contributed by atoms with Gasteiger partial charge in [0.25, 0.3) is 0 Å². The van der Waals surface area contributed by atoms with E-state index in [2.05, 4.69) is 36.6 Å². The second-order valence-corrected chi connectivity index (χ2v) is 5.57. The standard InChI is InChI=1S/C16H24N2O.ClH/c1-12-5-3-4-6-14(12)7-8-16(19)18-15-9-10-17-11-13(15)2;/h3-6,13,15,17H,7-11H2,1-2H3,(H,18,19);1H. The van der Waals surface area contributed by atoms with Gasteiger partial charge < -0.3 is 10.6 Å². The fraction of sp³-hybridized carbons (Fsp3) is 0.562. The first-order chi connectivity index (χ1) is 9.16. The monoisotopic (exact) mass is 296 g/mol. The van der Waals surface area contributed by atoms with Crippen molar-refractivity contribution in [3.63, 3.8) is 0 Å². The van der Waals surface area contributed by atoms with Gasteiger partial charge in [-0.1, -0.05) is 31.2 Å². The zero-order valence-electron chi connectivity index (χ0n) is 12.3. The topological polar surface area (TPSA) is 41.1 Å². The number of amides is 1. The van der Waals surface area contributed by atoms with Crippen LogP contribution in [-0.2, 0) is 11.2 Å². The van der Waals surface area contributed by atoms with Gasteiger partial charge >= 0.3 is 0 Å². The third kappa shape index (κ3) is 4.80. The van der Waals surface area contributed by atoms with Crippen LogP contribution in [0.3, 0.4) is 0 Å². The summed E-state index contributed by atoms with van der Waals surface area (Å²) in [6.07, 6.45) is 2.45. The molecule has 0 spiro atoms. The molecule has 0 bridgehead atoms. The summed E-state index contributed by atoms with van der Waals surface area (Å²) < 4.78 is 0. The molecule has 20 heavy (non-hydrogen) atoms. The molecule has 0 saturated carbocycles. The molecule has 2 unspecified atom stereocenters. The lowest BCUT2D eigenvalue weighted by Gasteiger charge is -2.30. The van der Waals surface area contributed by atoms with Gasteiger partial charge in [0.05, 0.1) is 0 Å². The van der Waals surface area contributed by atoms with E-state index in [0.29, 0.717) is 18.4 Å². The number of carbonyl (C=O) groups is 1. The van der Waals surface area contributed by atoms with Crippen molar-refractivity contribution in [2.45, 2.75) is 39.2 Å². The Kier molecular flexibility index (Phi) is 7.03. The van der Waals surface area contributed by atoms with Crippen molar-refractivity contribution in [2.75, 3.05) is 13.1 Å². The molecule has 0 aromatic heterocycles. The Balaban J connectivity index is 0.00000200. The van der Waals surface area contributed by atoms with Gasteiger partial charge in [0.15, 0.2) is 0 Å². The molecule has 0 radical (unpaired) electrons. The van der Waals surface area contributed by atoms with Gasteiger partial charge in [-0.05, 0) is 49.9 Å². The van der Waals surface area contributed by atoms with E-state index < -0.39 is 0 Å². The molecule has 1 fully saturated rings. The molecule has 0 aliphatic carbocycles. The molecule has 1 aliphatic heterocycles. The normalized spacial score (nSPS) is 21.9. The van der Waals surface area contributed by atoms with Gasteiger partial charge in [-0.15, -0.1) is 12.4 Å². The molecular weight excluding hydrogens is 272 g/mol. The Labute approximate surface area is 127 Å². The van der Waals surface area contributed by atoms with Gasteiger partial charge in [-0.3, -0.25) is 4.79 Å². The maximum absolute atomic E-state index is 12.0. The smallest absolute Gasteiger partial charge is 0.220 e. The van der Waals surface area contributed by atoms with E-state index in [9.17, 15) is 4.79 Å². The van der Waals surface area contributed by atoms with Crippen molar-refractivity contribution in [3.05, 3.63) is 35.4 Å². The number of hydrogen-bond donors (Lipinski definition) is 2. The molecule has 1 amide bonds. The molecule has 2 atom stereocenters. The van der Waals surface area contributed by atoms with Crippen molar-refractivity contribution in [1.82, 2.24) is 10.6 Å². The summed E-state index contributed by atoms with van der Waals surface area (Å²) >= 11 is 0. The van der Waals surface area contributed by atoms with E-state index in [1.807, 2.05) is 12.1 Å². The summed E-state index contributed by atoms with van der Waals surface area (Å²) in [6, 6.07) is 8.62. The number of hydrogen-bond acceptors (Lipinski definition) is 2. The van der Waals surface area contributed by atoms with Crippen LogP contribution < -0.4 is 10.6 Å². The van der Waals surface area contributed by atoms with Gasteiger partial charge in [-0.2, -0.15) is 0 Å². The Morgan fingerprint density at radius 3 is 2.85 bits per heavy atom. The van der Waals surface area contributed by atoms with E-state index in [0.717, 1.165) is 25.9 Å². The Morgan fingerprint density at radius 2 is 2.15 bits per heavy atom. The average Bonchev–Trinajstić information content (AvgIpc) is 2.40. The van der Waals surface area contributed by atoms with Crippen molar-refractivity contribution in [1.29, 1.82) is 0 Å². The molecule has 1 aromatic carbocycles. The fourth-order valence-electron chi connectivity index (χ4n) is 2.65. The van der Waals surface area contributed by atoms with Gasteiger partial charge in [0.2, 0.25) is 5.91 Å². The largest absolute Gasteiger partial charge is 0.353 e. The molecular formula is C16H25ClN2O. The zero-order valence-corrected chi connectivity index (χ0v) is 13.1. The fourth-order valence-corrected chi connectivity index (χ4v) is 2.65. The SMILES string of the molecule is Cc1ccccc1CCC(=O)NC1CCNCC1C.Cl. The molecule has 3 nitrogen and oxygen atoms in total. The summed E-state index contributed by atoms with van der Waals surface area (Å²) in [6.45, 7) is 6.30. The lowest BCUT2D eigenvalue weighted by Crippen LogP contribution is -2.48. The van der Waals surface area contributed by atoms with E-state index in [-0.39, 0.29) is 18.3 Å². The Hall–Kier alpha value is -1.06. The highest BCUT2D eigenvalue weighted by atomic mass is 35.5. The van der Waals surface area contributed by atoms with Crippen molar-refractivity contribution in [3.8, 4) is 0 Å². The number of nitrogens with one attached hydrogen (secondary N) is 2. The molecule has 4 heteroatoms. The second-order valence-electron chi connectivity index (χ2n) is 5.57. The third-order valence-corrected chi connectivity index (χ3v) is 4.01. The van der Waals surface area contributed by atoms with Gasteiger partial charge in [0, 0.05) is 12.5 Å². The summed E-state index contributed by atoms with van der Waals surface area (Å²) in [7, 11) is 0. The predicted octanol–water partition coefficient (Wildman–Crippen LogP) is 2.46. The summed E-state index contributed by atoms with van der Waals surface area (Å²) in [4.78, 5) is 12.0. The quantitative estimate of drug-likeness (QED) is 0.896. The molecule has 1 aromatic rings. The van der Waals surface area contributed by atoms with E-state index in [4.69, 9.17) is 0 Å². The first-order valence-corrected chi connectivity index (χ1v) is 7.21. The molecule has 1 saturated heterocycles. The van der Waals surface area contributed by atoms with E-state index in [1.54, 1.807) is 0 Å². The minimum absolute atomic E-state index is 0. The lowest BCUT2D eigenvalue weighted by molar-refractivity contribution is -0.122. The van der Waals surface area contributed by atoms with Crippen LogP contribution in [0, 0.1) is 12.8 Å². The number of aryl methyl sites for hydroxylation is 2. The maximum atomic E-state index is 12.0. The van der Waals surface area contributed by atoms with Crippen LogP contribution in [0.2, 0.25) is 0 Å². The second kappa shape index (κ2) is 8.28. The number of benzene rings is 1. The number of halogens is 1. The number of rotatable bonds is 4. The molecule has 1 heterocycles. The summed E-state index contributed by atoms with van der Waals surface area (Å²) in [5.74, 6) is 0.707. The van der Waals surface area contributed by atoms with Crippen LogP contribution in [0.4, 0.5) is 0 Å². The van der Waals surface area contributed by atoms with Crippen LogP contribution in [0.1, 0.15) is 30.9 Å². The van der Waals surface area contributed by atoms with E-state index in [1.165, 1.54) is 11.1 Å². The summed E-state index contributed by atoms with van der Waals surface area (Å²) in [5, 5.41) is 6.53. The number of carbonyl (C=O) groups excluding carboxylic acids is 1. The van der Waals surface area contributed by atoms with Crippen LogP contribution in [0.5, 0.6) is 0 Å². The number of piperidine rings is 1. The molecule has 2 N–H and O–H groups in total. The van der Waals surface area contributed by atoms with Crippen LogP contribution in [-0.4, -0.2) is 25.0 Å². The van der Waals surface area contributed by atoms with Crippen molar-refractivity contribution < 1.29 is 4.79 Å². The van der Waals surface area contributed by atoms with E-state index >= 15 is 0 Å². The molecule has 2 rings (SSSR count). The maximum Gasteiger partial charge on any atom is 0.220 e. The van der Waals surface area contributed by atoms with Crippen LogP contribution in [0.15, 0.2) is 24.3 Å². The third-order valence-electron chi connectivity index (χ3n) is 4.01. The van der Waals surface area contributed by atoms with Crippen molar-refractivity contribution in [2.24, 2.45) is 5.92 Å². The predicted molar refractivity (Wildman–Crippen MR) is 85.3 cm³/mol. The first kappa shape index (κ1) is 17.0. The molecule has 1 aliphatic rings.